The van der Waals surface area contributed by atoms with Gasteiger partial charge in [-0.15, -0.1) is 21.5 Å². The Morgan fingerprint density at radius 2 is 2.17 bits per heavy atom. The molecule has 1 aliphatic rings. The minimum Gasteiger partial charge on any atom is -0.376 e. The number of hydrogen-bond acceptors (Lipinski definition) is 6. The SMILES string of the molecule is CCc1cc(-c2nnc(SCC(=O)Nc3ccc(C)cc3)n2CC2CCCO2)cs1. The van der Waals surface area contributed by atoms with Crippen molar-refractivity contribution in [2.24, 2.45) is 0 Å². The molecule has 0 aliphatic carbocycles. The number of nitrogens with zero attached hydrogens (tertiary/aromatic N) is 3. The molecule has 1 fully saturated rings. The lowest BCUT2D eigenvalue weighted by atomic mass is 10.2. The molecule has 3 aromatic rings. The number of benzene rings is 1. The van der Waals surface area contributed by atoms with Gasteiger partial charge < -0.3 is 10.1 Å². The maximum atomic E-state index is 12.4. The molecule has 0 spiro atoms. The Morgan fingerprint density at radius 1 is 1.33 bits per heavy atom. The molecule has 6 nitrogen and oxygen atoms in total. The second-order valence-electron chi connectivity index (χ2n) is 7.41. The Bertz CT molecular complexity index is 991. The fraction of sp³-hybridized carbons (Fsp3) is 0.409. The smallest absolute Gasteiger partial charge is 0.234 e. The van der Waals surface area contributed by atoms with E-state index in [1.807, 2.05) is 31.2 Å². The zero-order chi connectivity index (χ0) is 20.9. The molecule has 0 bridgehead atoms. The molecule has 4 rings (SSSR count). The fourth-order valence-electron chi connectivity index (χ4n) is 3.41. The molecule has 0 saturated carbocycles. The predicted octanol–water partition coefficient (Wildman–Crippen LogP) is 4.79. The van der Waals surface area contributed by atoms with Gasteiger partial charge in [0.05, 0.1) is 18.4 Å². The van der Waals surface area contributed by atoms with E-state index in [1.165, 1.54) is 16.6 Å². The molecule has 158 valence electrons. The van der Waals surface area contributed by atoms with E-state index in [9.17, 15) is 4.79 Å². The van der Waals surface area contributed by atoms with Gasteiger partial charge in [-0.3, -0.25) is 9.36 Å². The Labute approximate surface area is 185 Å². The molecule has 1 aliphatic heterocycles. The van der Waals surface area contributed by atoms with Crippen LogP contribution >= 0.6 is 23.1 Å². The molecule has 30 heavy (non-hydrogen) atoms. The zero-order valence-corrected chi connectivity index (χ0v) is 18.9. The van der Waals surface area contributed by atoms with Crippen molar-refractivity contribution in [3.8, 4) is 11.4 Å². The molecular formula is C22H26N4O2S2. The van der Waals surface area contributed by atoms with Crippen molar-refractivity contribution in [2.45, 2.75) is 50.9 Å². The first-order valence-electron chi connectivity index (χ1n) is 10.2. The van der Waals surface area contributed by atoms with Crippen molar-refractivity contribution in [1.82, 2.24) is 14.8 Å². The van der Waals surface area contributed by atoms with E-state index in [0.29, 0.717) is 6.54 Å². The minimum absolute atomic E-state index is 0.0547. The van der Waals surface area contributed by atoms with E-state index in [-0.39, 0.29) is 17.8 Å². The van der Waals surface area contributed by atoms with Crippen molar-refractivity contribution in [3.63, 3.8) is 0 Å². The molecule has 1 saturated heterocycles. The lowest BCUT2D eigenvalue weighted by Crippen LogP contribution is -2.18. The number of ether oxygens (including phenoxy) is 1. The Balaban J connectivity index is 1.48. The summed E-state index contributed by atoms with van der Waals surface area (Å²) in [7, 11) is 0. The molecule has 1 amide bonds. The van der Waals surface area contributed by atoms with Crippen LogP contribution < -0.4 is 5.32 Å². The van der Waals surface area contributed by atoms with Crippen LogP contribution in [0.1, 0.15) is 30.2 Å². The summed E-state index contributed by atoms with van der Waals surface area (Å²) in [6.45, 7) is 5.70. The Morgan fingerprint density at radius 3 is 2.87 bits per heavy atom. The lowest BCUT2D eigenvalue weighted by molar-refractivity contribution is -0.113. The van der Waals surface area contributed by atoms with E-state index in [2.05, 4.69) is 38.5 Å². The molecule has 1 unspecified atom stereocenters. The van der Waals surface area contributed by atoms with E-state index in [1.54, 1.807) is 11.3 Å². The van der Waals surface area contributed by atoms with Gasteiger partial charge in [0.1, 0.15) is 0 Å². The van der Waals surface area contributed by atoms with Gasteiger partial charge >= 0.3 is 0 Å². The van der Waals surface area contributed by atoms with Crippen molar-refractivity contribution >= 4 is 34.7 Å². The summed E-state index contributed by atoms with van der Waals surface area (Å²) in [5.41, 5.74) is 3.05. The number of carbonyl (C=O) groups excluding carboxylic acids is 1. The predicted molar refractivity (Wildman–Crippen MR) is 122 cm³/mol. The summed E-state index contributed by atoms with van der Waals surface area (Å²) in [4.78, 5) is 13.8. The van der Waals surface area contributed by atoms with Crippen LogP contribution in [0.3, 0.4) is 0 Å². The Hall–Kier alpha value is -2.16. The molecular weight excluding hydrogens is 416 g/mol. The zero-order valence-electron chi connectivity index (χ0n) is 17.3. The van der Waals surface area contributed by atoms with Crippen LogP contribution in [-0.4, -0.2) is 39.1 Å². The lowest BCUT2D eigenvalue weighted by Gasteiger charge is -2.14. The van der Waals surface area contributed by atoms with Crippen LogP contribution in [-0.2, 0) is 22.5 Å². The van der Waals surface area contributed by atoms with E-state index in [4.69, 9.17) is 4.74 Å². The highest BCUT2D eigenvalue weighted by atomic mass is 32.2. The van der Waals surface area contributed by atoms with Crippen molar-refractivity contribution in [1.29, 1.82) is 0 Å². The summed E-state index contributed by atoms with van der Waals surface area (Å²) < 4.78 is 7.96. The van der Waals surface area contributed by atoms with Gasteiger partial charge in [0, 0.05) is 28.1 Å². The van der Waals surface area contributed by atoms with Gasteiger partial charge in [0.2, 0.25) is 5.91 Å². The quantitative estimate of drug-likeness (QED) is 0.508. The normalized spacial score (nSPS) is 16.1. The first-order chi connectivity index (χ1) is 14.6. The molecule has 3 heterocycles. The first kappa shape index (κ1) is 21.1. The molecule has 0 radical (unpaired) electrons. The minimum atomic E-state index is -0.0547. The average Bonchev–Trinajstić information content (AvgIpc) is 3.49. The third-order valence-corrected chi connectivity index (χ3v) is 7.10. The number of aromatic nitrogens is 3. The topological polar surface area (TPSA) is 69.0 Å². The third-order valence-electron chi connectivity index (χ3n) is 5.06. The average molecular weight is 443 g/mol. The number of carbonyl (C=O) groups is 1. The van der Waals surface area contributed by atoms with Crippen LogP contribution in [0.2, 0.25) is 0 Å². The first-order valence-corrected chi connectivity index (χ1v) is 12.1. The van der Waals surface area contributed by atoms with Crippen molar-refractivity contribution in [3.05, 3.63) is 46.2 Å². The summed E-state index contributed by atoms with van der Waals surface area (Å²) in [5, 5.41) is 14.7. The summed E-state index contributed by atoms with van der Waals surface area (Å²) >= 11 is 3.16. The van der Waals surface area contributed by atoms with Gasteiger partial charge in [-0.1, -0.05) is 36.4 Å². The molecule has 1 N–H and O–H groups in total. The molecule has 8 heteroatoms. The number of rotatable bonds is 8. The summed E-state index contributed by atoms with van der Waals surface area (Å²) in [6, 6.07) is 9.98. The number of hydrogen-bond donors (Lipinski definition) is 1. The van der Waals surface area contributed by atoms with Gasteiger partial charge in [0.15, 0.2) is 11.0 Å². The second kappa shape index (κ2) is 9.76. The second-order valence-corrected chi connectivity index (χ2v) is 9.35. The van der Waals surface area contributed by atoms with E-state index >= 15 is 0 Å². The van der Waals surface area contributed by atoms with Gasteiger partial charge in [-0.05, 0) is 44.4 Å². The maximum Gasteiger partial charge on any atom is 0.234 e. The molecule has 2 aromatic heterocycles. The van der Waals surface area contributed by atoms with Crippen LogP contribution in [0.5, 0.6) is 0 Å². The van der Waals surface area contributed by atoms with Crippen LogP contribution in [0.15, 0.2) is 40.9 Å². The molecule has 1 atom stereocenters. The van der Waals surface area contributed by atoms with Gasteiger partial charge in [0.25, 0.3) is 0 Å². The van der Waals surface area contributed by atoms with Gasteiger partial charge in [-0.25, -0.2) is 0 Å². The Kier molecular flexibility index (Phi) is 6.86. The number of nitrogens with one attached hydrogen (secondary N) is 1. The number of aryl methyl sites for hydroxylation is 2. The van der Waals surface area contributed by atoms with Crippen LogP contribution in [0.4, 0.5) is 5.69 Å². The highest BCUT2D eigenvalue weighted by molar-refractivity contribution is 7.99. The number of thiophene rings is 1. The van der Waals surface area contributed by atoms with Gasteiger partial charge in [-0.2, -0.15) is 0 Å². The summed E-state index contributed by atoms with van der Waals surface area (Å²) in [6.07, 6.45) is 3.30. The van der Waals surface area contributed by atoms with Crippen molar-refractivity contribution < 1.29 is 9.53 Å². The highest BCUT2D eigenvalue weighted by Gasteiger charge is 2.22. The van der Waals surface area contributed by atoms with Crippen LogP contribution in [0, 0.1) is 6.92 Å². The molecule has 1 aromatic carbocycles. The van der Waals surface area contributed by atoms with Crippen molar-refractivity contribution in [2.75, 3.05) is 17.7 Å². The van der Waals surface area contributed by atoms with Crippen LogP contribution in [0.25, 0.3) is 11.4 Å². The third kappa shape index (κ3) is 5.11. The summed E-state index contributed by atoms with van der Waals surface area (Å²) in [5.74, 6) is 1.07. The monoisotopic (exact) mass is 442 g/mol. The number of anilines is 1. The largest absolute Gasteiger partial charge is 0.376 e. The standard InChI is InChI=1S/C22H26N4O2S2/c1-3-19-11-16(13-29-19)21-24-25-22(26(21)12-18-5-4-10-28-18)30-14-20(27)23-17-8-6-15(2)7-9-17/h6-9,11,13,18H,3-5,10,12,14H2,1-2H3,(H,23,27). The van der Waals surface area contributed by atoms with E-state index < -0.39 is 0 Å². The fourth-order valence-corrected chi connectivity index (χ4v) is 4.97. The van der Waals surface area contributed by atoms with E-state index in [0.717, 1.165) is 53.7 Å². The number of amides is 1. The highest BCUT2D eigenvalue weighted by Crippen LogP contribution is 2.29. The number of thioether (sulfide) groups is 1. The maximum absolute atomic E-state index is 12.4.